The van der Waals surface area contributed by atoms with Crippen molar-refractivity contribution < 1.29 is 4.79 Å². The van der Waals surface area contributed by atoms with Crippen LogP contribution in [0.2, 0.25) is 0 Å². The fourth-order valence-electron chi connectivity index (χ4n) is 2.20. The van der Waals surface area contributed by atoms with E-state index >= 15 is 0 Å². The molecule has 21 heavy (non-hydrogen) atoms. The zero-order chi connectivity index (χ0) is 14.8. The van der Waals surface area contributed by atoms with Crippen LogP contribution < -0.4 is 5.73 Å². The predicted molar refractivity (Wildman–Crippen MR) is 86.3 cm³/mol. The van der Waals surface area contributed by atoms with E-state index in [1.54, 1.807) is 18.1 Å². The summed E-state index contributed by atoms with van der Waals surface area (Å²) in [6.07, 6.45) is 1.72. The topological polar surface area (TPSA) is 59.2 Å². The van der Waals surface area contributed by atoms with Crippen LogP contribution in [0, 0.1) is 0 Å². The number of amides is 1. The number of thiophene rings is 1. The van der Waals surface area contributed by atoms with Gasteiger partial charge in [0, 0.05) is 23.3 Å². The third kappa shape index (κ3) is 2.60. The fourth-order valence-corrected chi connectivity index (χ4v) is 3.32. The van der Waals surface area contributed by atoms with Gasteiger partial charge in [0.15, 0.2) is 0 Å². The number of fused-ring (bicyclic) bond motifs is 1. The molecule has 0 aliphatic rings. The van der Waals surface area contributed by atoms with Crippen LogP contribution >= 0.6 is 11.3 Å². The zero-order valence-electron chi connectivity index (χ0n) is 11.6. The molecule has 0 aliphatic heterocycles. The zero-order valence-corrected chi connectivity index (χ0v) is 12.4. The molecule has 0 saturated heterocycles. The summed E-state index contributed by atoms with van der Waals surface area (Å²) in [4.78, 5) is 19.0. The van der Waals surface area contributed by atoms with Gasteiger partial charge in [-0.3, -0.25) is 9.78 Å². The molecular weight excluding hydrogens is 282 g/mol. The summed E-state index contributed by atoms with van der Waals surface area (Å²) >= 11 is 1.43. The van der Waals surface area contributed by atoms with Crippen molar-refractivity contribution >= 4 is 33.0 Å². The molecule has 0 fully saturated rings. The highest BCUT2D eigenvalue weighted by molar-refractivity contribution is 7.21. The molecule has 1 aromatic carbocycles. The molecule has 2 N–H and O–H groups in total. The molecule has 0 spiro atoms. The van der Waals surface area contributed by atoms with Crippen LogP contribution in [0.25, 0.3) is 10.1 Å². The number of anilines is 1. The summed E-state index contributed by atoms with van der Waals surface area (Å²) in [5, 5.41) is 0.942. The van der Waals surface area contributed by atoms with Crippen molar-refractivity contribution in [3.05, 3.63) is 59.2 Å². The van der Waals surface area contributed by atoms with E-state index in [0.717, 1.165) is 15.8 Å². The number of carbonyl (C=O) groups excluding carboxylic acids is 1. The van der Waals surface area contributed by atoms with Gasteiger partial charge in [-0.15, -0.1) is 11.3 Å². The first-order chi connectivity index (χ1) is 10.2. The Hall–Kier alpha value is -2.40. The minimum Gasteiger partial charge on any atom is -0.397 e. The quantitative estimate of drug-likeness (QED) is 0.808. The Morgan fingerprint density at radius 3 is 2.71 bits per heavy atom. The van der Waals surface area contributed by atoms with Gasteiger partial charge in [-0.25, -0.2) is 0 Å². The first kappa shape index (κ1) is 13.6. The molecule has 1 amide bonds. The van der Waals surface area contributed by atoms with Crippen LogP contribution in [0.1, 0.15) is 15.4 Å². The minimum atomic E-state index is -0.0700. The second-order valence-electron chi connectivity index (χ2n) is 4.82. The van der Waals surface area contributed by atoms with E-state index in [2.05, 4.69) is 4.98 Å². The molecule has 0 unspecified atom stereocenters. The molecule has 0 atom stereocenters. The summed E-state index contributed by atoms with van der Waals surface area (Å²) in [6, 6.07) is 13.5. The average Bonchev–Trinajstić information content (AvgIpc) is 2.85. The Kier molecular flexibility index (Phi) is 3.58. The van der Waals surface area contributed by atoms with Gasteiger partial charge in [-0.1, -0.05) is 24.3 Å². The van der Waals surface area contributed by atoms with Gasteiger partial charge in [0.05, 0.1) is 17.9 Å². The van der Waals surface area contributed by atoms with Crippen LogP contribution in [-0.2, 0) is 6.54 Å². The molecule has 106 valence electrons. The van der Waals surface area contributed by atoms with E-state index in [-0.39, 0.29) is 5.91 Å². The second kappa shape index (κ2) is 5.54. The first-order valence-corrected chi connectivity index (χ1v) is 7.41. The Balaban J connectivity index is 1.88. The van der Waals surface area contributed by atoms with Gasteiger partial charge in [0.2, 0.25) is 0 Å². The molecule has 0 saturated carbocycles. The first-order valence-electron chi connectivity index (χ1n) is 6.59. The van der Waals surface area contributed by atoms with Crippen molar-refractivity contribution in [1.82, 2.24) is 9.88 Å². The van der Waals surface area contributed by atoms with Gasteiger partial charge >= 0.3 is 0 Å². The van der Waals surface area contributed by atoms with Crippen molar-refractivity contribution in [2.75, 3.05) is 12.8 Å². The molecule has 4 nitrogen and oxygen atoms in total. The molecule has 3 aromatic rings. The van der Waals surface area contributed by atoms with E-state index in [1.807, 2.05) is 42.5 Å². The lowest BCUT2D eigenvalue weighted by Gasteiger charge is -2.16. The number of nitrogens with two attached hydrogens (primary N) is 1. The van der Waals surface area contributed by atoms with E-state index in [4.69, 9.17) is 5.73 Å². The summed E-state index contributed by atoms with van der Waals surface area (Å²) in [5.41, 5.74) is 7.54. The maximum Gasteiger partial charge on any atom is 0.266 e. The highest BCUT2D eigenvalue weighted by atomic mass is 32.1. The largest absolute Gasteiger partial charge is 0.397 e. The normalized spacial score (nSPS) is 10.7. The Labute approximate surface area is 126 Å². The van der Waals surface area contributed by atoms with Crippen LogP contribution in [0.4, 0.5) is 5.69 Å². The number of rotatable bonds is 3. The molecule has 2 heterocycles. The third-order valence-corrected chi connectivity index (χ3v) is 4.47. The average molecular weight is 297 g/mol. The maximum atomic E-state index is 12.6. The van der Waals surface area contributed by atoms with Crippen molar-refractivity contribution in [2.45, 2.75) is 6.54 Å². The van der Waals surface area contributed by atoms with E-state index < -0.39 is 0 Å². The number of aromatic nitrogens is 1. The van der Waals surface area contributed by atoms with E-state index in [9.17, 15) is 4.79 Å². The molecule has 0 aliphatic carbocycles. The summed E-state index contributed by atoms with van der Waals surface area (Å²) in [5.74, 6) is -0.0700. The minimum absolute atomic E-state index is 0.0700. The van der Waals surface area contributed by atoms with Gasteiger partial charge in [0.1, 0.15) is 4.88 Å². The predicted octanol–water partition coefficient (Wildman–Crippen LogP) is 3.15. The smallest absolute Gasteiger partial charge is 0.266 e. The highest BCUT2D eigenvalue weighted by Crippen LogP contribution is 2.34. The van der Waals surface area contributed by atoms with Gasteiger partial charge in [0.25, 0.3) is 5.91 Å². The lowest BCUT2D eigenvalue weighted by atomic mass is 10.2. The van der Waals surface area contributed by atoms with Gasteiger partial charge in [-0.05, 0) is 18.2 Å². The summed E-state index contributed by atoms with van der Waals surface area (Å²) in [7, 11) is 1.76. The summed E-state index contributed by atoms with van der Waals surface area (Å²) in [6.45, 7) is 0.466. The molecule has 3 rings (SSSR count). The van der Waals surface area contributed by atoms with Crippen LogP contribution in [0.3, 0.4) is 0 Å². The lowest BCUT2D eigenvalue weighted by molar-refractivity contribution is 0.0789. The molecule has 0 radical (unpaired) electrons. The van der Waals surface area contributed by atoms with Crippen molar-refractivity contribution in [1.29, 1.82) is 0 Å². The number of benzene rings is 1. The third-order valence-electron chi connectivity index (χ3n) is 3.30. The number of hydrogen-bond donors (Lipinski definition) is 1. The molecule has 2 aromatic heterocycles. The van der Waals surface area contributed by atoms with Crippen LogP contribution in [0.15, 0.2) is 48.7 Å². The lowest BCUT2D eigenvalue weighted by Crippen LogP contribution is -2.26. The Bertz CT molecular complexity index is 783. The maximum absolute atomic E-state index is 12.6. The standard InChI is InChI=1S/C16H15N3OS/c1-19(10-11-6-4-5-9-18-11)16(20)15-14(17)12-7-2-3-8-13(12)21-15/h2-9H,10,17H2,1H3. The number of nitrogen functional groups attached to an aromatic ring is 1. The Morgan fingerprint density at radius 1 is 1.24 bits per heavy atom. The molecule has 0 bridgehead atoms. The number of pyridine rings is 1. The van der Waals surface area contributed by atoms with E-state index in [0.29, 0.717) is 17.1 Å². The monoisotopic (exact) mass is 297 g/mol. The number of carbonyl (C=O) groups is 1. The Morgan fingerprint density at radius 2 is 2.00 bits per heavy atom. The fraction of sp³-hybridized carbons (Fsp3) is 0.125. The van der Waals surface area contributed by atoms with Gasteiger partial charge < -0.3 is 10.6 Å². The van der Waals surface area contributed by atoms with E-state index in [1.165, 1.54) is 11.3 Å². The second-order valence-corrected chi connectivity index (χ2v) is 5.88. The SMILES string of the molecule is CN(Cc1ccccn1)C(=O)c1sc2ccccc2c1N. The van der Waals surface area contributed by atoms with Gasteiger partial charge in [-0.2, -0.15) is 0 Å². The number of hydrogen-bond acceptors (Lipinski definition) is 4. The summed E-state index contributed by atoms with van der Waals surface area (Å²) < 4.78 is 1.03. The van der Waals surface area contributed by atoms with Crippen LogP contribution in [0.5, 0.6) is 0 Å². The van der Waals surface area contributed by atoms with Crippen molar-refractivity contribution in [2.24, 2.45) is 0 Å². The number of nitrogens with zero attached hydrogens (tertiary/aromatic N) is 2. The molecular formula is C16H15N3OS. The highest BCUT2D eigenvalue weighted by Gasteiger charge is 2.19. The van der Waals surface area contributed by atoms with Crippen molar-refractivity contribution in [3.8, 4) is 0 Å². The molecule has 5 heteroatoms. The van der Waals surface area contributed by atoms with Crippen molar-refractivity contribution in [3.63, 3.8) is 0 Å². The van der Waals surface area contributed by atoms with Crippen LogP contribution in [-0.4, -0.2) is 22.8 Å².